The molecule has 6 heteroatoms. The van der Waals surface area contributed by atoms with Crippen molar-refractivity contribution >= 4 is 21.9 Å². The number of aliphatic carboxylic acids is 1. The van der Waals surface area contributed by atoms with Gasteiger partial charge >= 0.3 is 5.97 Å². The van der Waals surface area contributed by atoms with Crippen molar-refractivity contribution in [1.29, 1.82) is 0 Å². The maximum atomic E-state index is 11.2. The number of carbonyl (C=O) groups is 1. The number of carboxylic acids is 1. The number of carboxylic acid groups (broad SMARTS) is 1. The predicted molar refractivity (Wildman–Crippen MR) is 89.6 cm³/mol. The van der Waals surface area contributed by atoms with Crippen LogP contribution in [-0.4, -0.2) is 30.3 Å². The minimum Gasteiger partial charge on any atom is -0.490 e. The molecule has 0 spiro atoms. The Kier molecular flexibility index (Phi) is 7.68. The Hall–Kier alpha value is -1.27. The summed E-state index contributed by atoms with van der Waals surface area (Å²) in [5.41, 5.74) is 0.936. The second kappa shape index (κ2) is 9.00. The Bertz CT molecular complexity index is 505. The lowest BCUT2D eigenvalue weighted by atomic mass is 10.0. The van der Waals surface area contributed by atoms with E-state index in [1.165, 1.54) is 0 Å². The van der Waals surface area contributed by atoms with Crippen LogP contribution in [0.25, 0.3) is 0 Å². The normalized spacial score (nSPS) is 12.3. The van der Waals surface area contributed by atoms with E-state index in [1.54, 1.807) is 0 Å². The molecule has 5 nitrogen and oxygen atoms in total. The van der Waals surface area contributed by atoms with Gasteiger partial charge in [0.1, 0.15) is 6.04 Å². The first-order valence-electron chi connectivity index (χ1n) is 7.44. The summed E-state index contributed by atoms with van der Waals surface area (Å²) in [7, 11) is 0. The van der Waals surface area contributed by atoms with E-state index in [-0.39, 0.29) is 5.92 Å². The average Bonchev–Trinajstić information content (AvgIpc) is 2.42. The summed E-state index contributed by atoms with van der Waals surface area (Å²) in [5, 5.41) is 12.3. The minimum absolute atomic E-state index is 0.00926. The summed E-state index contributed by atoms with van der Waals surface area (Å²) in [4.78, 5) is 11.2. The Morgan fingerprint density at radius 1 is 1.27 bits per heavy atom. The van der Waals surface area contributed by atoms with Crippen molar-refractivity contribution in [2.24, 2.45) is 5.92 Å². The molecular weight excluding hydrogens is 350 g/mol. The van der Waals surface area contributed by atoms with Gasteiger partial charge in [0.05, 0.1) is 17.7 Å². The zero-order chi connectivity index (χ0) is 16.7. The SMILES string of the molecule is CCOc1cc(CNC(C(=O)O)C(C)C)cc(Br)c1OCC. The first kappa shape index (κ1) is 18.8. The van der Waals surface area contributed by atoms with E-state index in [0.717, 1.165) is 10.0 Å². The quantitative estimate of drug-likeness (QED) is 0.693. The van der Waals surface area contributed by atoms with Gasteiger partial charge < -0.3 is 19.9 Å². The van der Waals surface area contributed by atoms with Crippen molar-refractivity contribution in [3.63, 3.8) is 0 Å². The Labute approximate surface area is 140 Å². The highest BCUT2D eigenvalue weighted by Gasteiger charge is 2.21. The van der Waals surface area contributed by atoms with Crippen molar-refractivity contribution in [1.82, 2.24) is 5.32 Å². The molecule has 1 rings (SSSR count). The van der Waals surface area contributed by atoms with Gasteiger partial charge in [-0.15, -0.1) is 0 Å². The lowest BCUT2D eigenvalue weighted by Crippen LogP contribution is -2.40. The molecule has 0 aromatic heterocycles. The Balaban J connectivity index is 2.93. The summed E-state index contributed by atoms with van der Waals surface area (Å²) in [6.45, 7) is 9.11. The van der Waals surface area contributed by atoms with Crippen LogP contribution in [0.5, 0.6) is 11.5 Å². The predicted octanol–water partition coefficient (Wildman–Crippen LogP) is 3.45. The highest BCUT2D eigenvalue weighted by Crippen LogP contribution is 2.37. The van der Waals surface area contributed by atoms with Crippen LogP contribution >= 0.6 is 15.9 Å². The molecule has 0 aliphatic rings. The number of benzene rings is 1. The number of ether oxygens (including phenoxy) is 2. The Morgan fingerprint density at radius 3 is 2.41 bits per heavy atom. The second-order valence-corrected chi connectivity index (χ2v) is 6.07. The fourth-order valence-electron chi connectivity index (χ4n) is 2.11. The summed E-state index contributed by atoms with van der Waals surface area (Å²) in [6, 6.07) is 3.21. The van der Waals surface area contributed by atoms with E-state index in [2.05, 4.69) is 21.2 Å². The van der Waals surface area contributed by atoms with E-state index < -0.39 is 12.0 Å². The molecule has 124 valence electrons. The van der Waals surface area contributed by atoms with Crippen molar-refractivity contribution in [3.8, 4) is 11.5 Å². The number of hydrogen-bond acceptors (Lipinski definition) is 4. The van der Waals surface area contributed by atoms with Crippen LogP contribution in [0.3, 0.4) is 0 Å². The summed E-state index contributed by atoms with van der Waals surface area (Å²) in [5.74, 6) is 0.499. The molecule has 0 aliphatic carbocycles. The van der Waals surface area contributed by atoms with Gasteiger partial charge in [-0.05, 0) is 53.4 Å². The van der Waals surface area contributed by atoms with Crippen molar-refractivity contribution < 1.29 is 19.4 Å². The third kappa shape index (κ3) is 5.18. The first-order valence-corrected chi connectivity index (χ1v) is 8.24. The zero-order valence-electron chi connectivity index (χ0n) is 13.5. The van der Waals surface area contributed by atoms with Crippen LogP contribution in [0.4, 0.5) is 0 Å². The Morgan fingerprint density at radius 2 is 1.91 bits per heavy atom. The van der Waals surface area contributed by atoms with Crippen molar-refractivity contribution in [3.05, 3.63) is 22.2 Å². The fraction of sp³-hybridized carbons (Fsp3) is 0.562. The van der Waals surface area contributed by atoms with Gasteiger partial charge in [0, 0.05) is 6.54 Å². The smallest absolute Gasteiger partial charge is 0.320 e. The van der Waals surface area contributed by atoms with E-state index in [1.807, 2.05) is 39.8 Å². The van der Waals surface area contributed by atoms with Gasteiger partial charge in [0.15, 0.2) is 11.5 Å². The van der Waals surface area contributed by atoms with Crippen LogP contribution in [0.1, 0.15) is 33.3 Å². The largest absolute Gasteiger partial charge is 0.490 e. The lowest BCUT2D eigenvalue weighted by molar-refractivity contribution is -0.140. The van der Waals surface area contributed by atoms with E-state index in [9.17, 15) is 9.90 Å². The van der Waals surface area contributed by atoms with Crippen LogP contribution in [0, 0.1) is 5.92 Å². The van der Waals surface area contributed by atoms with Gasteiger partial charge in [0.25, 0.3) is 0 Å². The molecule has 0 heterocycles. The maximum Gasteiger partial charge on any atom is 0.320 e. The number of hydrogen-bond donors (Lipinski definition) is 2. The molecule has 0 amide bonds. The average molecular weight is 374 g/mol. The molecule has 22 heavy (non-hydrogen) atoms. The van der Waals surface area contributed by atoms with Crippen LogP contribution in [0.15, 0.2) is 16.6 Å². The molecule has 1 aromatic carbocycles. The molecule has 0 saturated heterocycles. The van der Waals surface area contributed by atoms with Crippen molar-refractivity contribution in [2.75, 3.05) is 13.2 Å². The van der Waals surface area contributed by atoms with Gasteiger partial charge in [-0.1, -0.05) is 13.8 Å². The van der Waals surface area contributed by atoms with Crippen LogP contribution < -0.4 is 14.8 Å². The van der Waals surface area contributed by atoms with Gasteiger partial charge in [-0.2, -0.15) is 0 Å². The molecule has 0 bridgehead atoms. The molecule has 1 aromatic rings. The molecule has 1 unspecified atom stereocenters. The molecule has 0 fully saturated rings. The van der Waals surface area contributed by atoms with E-state index >= 15 is 0 Å². The summed E-state index contributed by atoms with van der Waals surface area (Å²) < 4.78 is 12.0. The maximum absolute atomic E-state index is 11.2. The molecular formula is C16H24BrNO4. The standard InChI is InChI=1S/C16H24BrNO4/c1-5-21-13-8-11(7-12(17)15(13)22-6-2)9-18-14(10(3)4)16(19)20/h7-8,10,14,18H,5-6,9H2,1-4H3,(H,19,20). The number of nitrogens with one attached hydrogen (secondary N) is 1. The number of halogens is 1. The summed E-state index contributed by atoms with van der Waals surface area (Å²) in [6.07, 6.45) is 0. The molecule has 0 aliphatic heterocycles. The molecule has 0 saturated carbocycles. The van der Waals surface area contributed by atoms with E-state index in [4.69, 9.17) is 9.47 Å². The monoisotopic (exact) mass is 373 g/mol. The molecule has 0 radical (unpaired) electrons. The van der Waals surface area contributed by atoms with Gasteiger partial charge in [-0.3, -0.25) is 4.79 Å². The zero-order valence-corrected chi connectivity index (χ0v) is 15.1. The van der Waals surface area contributed by atoms with E-state index in [0.29, 0.717) is 31.3 Å². The van der Waals surface area contributed by atoms with Gasteiger partial charge in [-0.25, -0.2) is 0 Å². The molecule has 2 N–H and O–H groups in total. The topological polar surface area (TPSA) is 67.8 Å². The van der Waals surface area contributed by atoms with Crippen LogP contribution in [0.2, 0.25) is 0 Å². The number of rotatable bonds is 9. The third-order valence-corrected chi connectivity index (χ3v) is 3.71. The highest BCUT2D eigenvalue weighted by atomic mass is 79.9. The first-order chi connectivity index (χ1) is 10.4. The minimum atomic E-state index is -0.843. The highest BCUT2D eigenvalue weighted by molar-refractivity contribution is 9.10. The van der Waals surface area contributed by atoms with Crippen molar-refractivity contribution in [2.45, 2.75) is 40.3 Å². The molecule has 1 atom stereocenters. The summed E-state index contributed by atoms with van der Waals surface area (Å²) >= 11 is 3.48. The second-order valence-electron chi connectivity index (χ2n) is 5.21. The van der Waals surface area contributed by atoms with Crippen LogP contribution in [-0.2, 0) is 11.3 Å². The van der Waals surface area contributed by atoms with Gasteiger partial charge in [0.2, 0.25) is 0 Å². The lowest BCUT2D eigenvalue weighted by Gasteiger charge is -2.19. The fourth-order valence-corrected chi connectivity index (χ4v) is 2.71. The third-order valence-electron chi connectivity index (χ3n) is 3.12.